The maximum absolute atomic E-state index is 4.87. The van der Waals surface area contributed by atoms with Crippen molar-refractivity contribution in [1.82, 2.24) is 20.2 Å². The Labute approximate surface area is 150 Å². The topological polar surface area (TPSA) is 41.1 Å². The molecule has 0 aliphatic carbocycles. The van der Waals surface area contributed by atoms with E-state index in [-0.39, 0.29) is 0 Å². The minimum absolute atomic E-state index is 0.370. The van der Waals surface area contributed by atoms with E-state index < -0.39 is 0 Å². The molecule has 2 aliphatic rings. The summed E-state index contributed by atoms with van der Waals surface area (Å²) < 4.78 is 0. The third-order valence-electron chi connectivity index (χ3n) is 5.65. The molecule has 2 atom stereocenters. The van der Waals surface area contributed by atoms with Crippen molar-refractivity contribution in [3.05, 3.63) is 59.2 Å². The third-order valence-corrected chi connectivity index (χ3v) is 5.65. The van der Waals surface area contributed by atoms with Gasteiger partial charge in [-0.3, -0.25) is 4.90 Å². The molecule has 0 amide bonds. The number of hydrogen-bond acceptors (Lipinski definition) is 4. The minimum Gasteiger partial charge on any atom is -0.307 e. The van der Waals surface area contributed by atoms with E-state index in [0.717, 1.165) is 38.4 Å². The van der Waals surface area contributed by atoms with Gasteiger partial charge in [-0.1, -0.05) is 37.3 Å². The van der Waals surface area contributed by atoms with Gasteiger partial charge in [-0.25, -0.2) is 9.97 Å². The molecule has 2 aromatic rings. The van der Waals surface area contributed by atoms with Crippen LogP contribution < -0.4 is 5.32 Å². The fourth-order valence-electron chi connectivity index (χ4n) is 3.98. The second kappa shape index (κ2) is 7.63. The van der Waals surface area contributed by atoms with Crippen molar-refractivity contribution in [3.63, 3.8) is 0 Å². The maximum Gasteiger partial charge on any atom is 0.145 e. The van der Waals surface area contributed by atoms with E-state index in [2.05, 4.69) is 58.7 Å². The Hall–Kier alpha value is -1.78. The zero-order valence-electron chi connectivity index (χ0n) is 15.1. The van der Waals surface area contributed by atoms with E-state index in [9.17, 15) is 0 Å². The monoisotopic (exact) mass is 336 g/mol. The smallest absolute Gasteiger partial charge is 0.145 e. The zero-order chi connectivity index (χ0) is 17.1. The second-order valence-electron chi connectivity index (χ2n) is 7.48. The van der Waals surface area contributed by atoms with E-state index in [1.165, 1.54) is 36.1 Å². The molecule has 25 heavy (non-hydrogen) atoms. The lowest BCUT2D eigenvalue weighted by Gasteiger charge is -2.29. The number of nitrogens with one attached hydrogen (secondary N) is 1. The average Bonchev–Trinajstić information content (AvgIpc) is 3.21. The zero-order valence-corrected chi connectivity index (χ0v) is 15.1. The number of rotatable bonds is 5. The molecule has 1 fully saturated rings. The Bertz CT molecular complexity index is 694. The highest BCUT2D eigenvalue weighted by Gasteiger charge is 2.23. The van der Waals surface area contributed by atoms with Gasteiger partial charge in [0.05, 0.1) is 6.04 Å². The first-order valence-electron chi connectivity index (χ1n) is 9.65. The summed E-state index contributed by atoms with van der Waals surface area (Å²) in [7, 11) is 0. The molecule has 2 aliphatic heterocycles. The molecule has 3 heterocycles. The number of fused-ring (bicyclic) bond motifs is 1. The molecule has 1 saturated heterocycles. The molecule has 4 heteroatoms. The van der Waals surface area contributed by atoms with Gasteiger partial charge in [-0.2, -0.15) is 0 Å². The van der Waals surface area contributed by atoms with Crippen LogP contribution in [0.5, 0.6) is 0 Å². The molecule has 132 valence electrons. The Balaban J connectivity index is 1.35. The first-order chi connectivity index (χ1) is 12.3. The van der Waals surface area contributed by atoms with Gasteiger partial charge in [0.2, 0.25) is 0 Å². The summed E-state index contributed by atoms with van der Waals surface area (Å²) in [4.78, 5) is 12.1. The predicted octanol–water partition coefficient (Wildman–Crippen LogP) is 3.45. The number of nitrogens with zero attached hydrogens (tertiary/aromatic N) is 3. The second-order valence-corrected chi connectivity index (χ2v) is 7.48. The molecule has 0 saturated carbocycles. The van der Waals surface area contributed by atoms with E-state index in [0.29, 0.717) is 12.0 Å². The van der Waals surface area contributed by atoms with Crippen LogP contribution in [0.25, 0.3) is 0 Å². The SMILES string of the molecule is C[C@H](CCN1CCc2nc([C@@H]3CCCN3)ncc2C1)c1ccccc1. The van der Waals surface area contributed by atoms with Gasteiger partial charge in [0.25, 0.3) is 0 Å². The van der Waals surface area contributed by atoms with Crippen molar-refractivity contribution >= 4 is 0 Å². The Morgan fingerprint density at radius 1 is 1.28 bits per heavy atom. The van der Waals surface area contributed by atoms with Crippen LogP contribution in [0, 0.1) is 0 Å². The molecular weight excluding hydrogens is 308 g/mol. The summed E-state index contributed by atoms with van der Waals surface area (Å²) in [6, 6.07) is 11.2. The standard InChI is InChI=1S/C21H28N4/c1-16(17-6-3-2-4-7-17)9-12-25-13-10-19-18(15-25)14-23-21(24-19)20-8-5-11-22-20/h2-4,6-7,14,16,20,22H,5,8-13,15H2,1H3/t16-,20+/m1/s1. The van der Waals surface area contributed by atoms with E-state index >= 15 is 0 Å². The number of hydrogen-bond donors (Lipinski definition) is 1. The molecule has 0 bridgehead atoms. The fraction of sp³-hybridized carbons (Fsp3) is 0.524. The molecule has 4 nitrogen and oxygen atoms in total. The highest BCUT2D eigenvalue weighted by molar-refractivity contribution is 5.22. The van der Waals surface area contributed by atoms with Crippen molar-refractivity contribution in [2.24, 2.45) is 0 Å². The predicted molar refractivity (Wildman–Crippen MR) is 100 cm³/mol. The average molecular weight is 336 g/mol. The van der Waals surface area contributed by atoms with Crippen LogP contribution in [-0.4, -0.2) is 34.5 Å². The Morgan fingerprint density at radius 3 is 2.96 bits per heavy atom. The van der Waals surface area contributed by atoms with Crippen molar-refractivity contribution in [1.29, 1.82) is 0 Å². The van der Waals surface area contributed by atoms with Crippen LogP contribution >= 0.6 is 0 Å². The van der Waals surface area contributed by atoms with Crippen molar-refractivity contribution in [2.45, 2.75) is 51.1 Å². The summed E-state index contributed by atoms with van der Waals surface area (Å²) >= 11 is 0. The van der Waals surface area contributed by atoms with Crippen LogP contribution in [0.1, 0.15) is 60.8 Å². The number of aromatic nitrogens is 2. The molecule has 0 unspecified atom stereocenters. The molecule has 0 spiro atoms. The largest absolute Gasteiger partial charge is 0.307 e. The van der Waals surface area contributed by atoms with Crippen LogP contribution in [0.15, 0.2) is 36.5 Å². The van der Waals surface area contributed by atoms with Gasteiger partial charge in [0.1, 0.15) is 5.82 Å². The number of benzene rings is 1. The summed E-state index contributed by atoms with van der Waals surface area (Å²) in [5.41, 5.74) is 4.03. The third kappa shape index (κ3) is 3.91. The van der Waals surface area contributed by atoms with Gasteiger partial charge < -0.3 is 5.32 Å². The van der Waals surface area contributed by atoms with Gasteiger partial charge in [0, 0.05) is 37.0 Å². The highest BCUT2D eigenvalue weighted by Crippen LogP contribution is 2.24. The van der Waals surface area contributed by atoms with E-state index in [1.54, 1.807) is 0 Å². The summed E-state index contributed by atoms with van der Waals surface area (Å²) in [5.74, 6) is 1.61. The first-order valence-corrected chi connectivity index (χ1v) is 9.65. The lowest BCUT2D eigenvalue weighted by Crippen LogP contribution is -2.33. The summed E-state index contributed by atoms with van der Waals surface area (Å²) in [6.45, 7) is 6.68. The summed E-state index contributed by atoms with van der Waals surface area (Å²) in [5, 5.41) is 3.50. The lowest BCUT2D eigenvalue weighted by molar-refractivity contribution is 0.242. The van der Waals surface area contributed by atoms with E-state index in [1.807, 2.05) is 0 Å². The normalized spacial score (nSPS) is 21.9. The molecule has 1 aromatic heterocycles. The van der Waals surface area contributed by atoms with E-state index in [4.69, 9.17) is 4.98 Å². The van der Waals surface area contributed by atoms with Gasteiger partial charge in [0.15, 0.2) is 0 Å². The van der Waals surface area contributed by atoms with Crippen molar-refractivity contribution in [3.8, 4) is 0 Å². The van der Waals surface area contributed by atoms with Crippen LogP contribution in [0.2, 0.25) is 0 Å². The molecule has 1 aromatic carbocycles. The highest BCUT2D eigenvalue weighted by atomic mass is 15.1. The van der Waals surface area contributed by atoms with Crippen LogP contribution in [0.4, 0.5) is 0 Å². The van der Waals surface area contributed by atoms with Crippen molar-refractivity contribution in [2.75, 3.05) is 19.6 Å². The molecule has 1 N–H and O–H groups in total. The fourth-order valence-corrected chi connectivity index (χ4v) is 3.98. The Morgan fingerprint density at radius 2 is 2.16 bits per heavy atom. The van der Waals surface area contributed by atoms with Gasteiger partial charge in [-0.05, 0) is 43.8 Å². The lowest BCUT2D eigenvalue weighted by atomic mass is 9.97. The van der Waals surface area contributed by atoms with Gasteiger partial charge in [-0.15, -0.1) is 0 Å². The quantitative estimate of drug-likeness (QED) is 0.908. The molecular formula is C21H28N4. The van der Waals surface area contributed by atoms with Gasteiger partial charge >= 0.3 is 0 Å². The molecule has 4 rings (SSSR count). The van der Waals surface area contributed by atoms with Crippen LogP contribution in [0.3, 0.4) is 0 Å². The maximum atomic E-state index is 4.87. The minimum atomic E-state index is 0.370. The molecule has 0 radical (unpaired) electrons. The van der Waals surface area contributed by atoms with Crippen LogP contribution in [-0.2, 0) is 13.0 Å². The first kappa shape index (κ1) is 16.7. The Kier molecular flexibility index (Phi) is 5.09. The summed E-state index contributed by atoms with van der Waals surface area (Å²) in [6.07, 6.45) is 6.73. The van der Waals surface area contributed by atoms with Crippen molar-refractivity contribution < 1.29 is 0 Å².